The van der Waals surface area contributed by atoms with Crippen LogP contribution < -0.4 is 5.32 Å². The van der Waals surface area contributed by atoms with E-state index in [0.29, 0.717) is 11.6 Å². The van der Waals surface area contributed by atoms with Gasteiger partial charge in [0.15, 0.2) is 0 Å². The van der Waals surface area contributed by atoms with Crippen molar-refractivity contribution in [2.24, 2.45) is 0 Å². The van der Waals surface area contributed by atoms with Crippen molar-refractivity contribution in [2.75, 3.05) is 19.6 Å². The predicted octanol–water partition coefficient (Wildman–Crippen LogP) is 1.86. The van der Waals surface area contributed by atoms with E-state index in [9.17, 15) is 0 Å². The number of hydrogen-bond donors (Lipinski definition) is 1. The lowest BCUT2D eigenvalue weighted by molar-refractivity contribution is 0.0529. The van der Waals surface area contributed by atoms with E-state index < -0.39 is 0 Å². The molecule has 0 amide bonds. The number of nitrogens with one attached hydrogen (secondary N) is 1. The number of nitrogens with zero attached hydrogens (tertiary/aromatic N) is 1. The third-order valence-electron chi connectivity index (χ3n) is 3.34. The minimum absolute atomic E-state index is 0.391. The van der Waals surface area contributed by atoms with Crippen LogP contribution in [0.4, 0.5) is 0 Å². The quantitative estimate of drug-likeness (QED) is 0.720. The van der Waals surface area contributed by atoms with Gasteiger partial charge >= 0.3 is 0 Å². The van der Waals surface area contributed by atoms with Crippen LogP contribution in [-0.2, 0) is 0 Å². The summed E-state index contributed by atoms with van der Waals surface area (Å²) >= 11 is 0. The fraction of sp³-hybridized carbons (Fsp3) is 1.00. The van der Waals surface area contributed by atoms with E-state index in [2.05, 4.69) is 37.9 Å². The van der Waals surface area contributed by atoms with Crippen LogP contribution in [0.1, 0.15) is 40.5 Å². The van der Waals surface area contributed by atoms with E-state index in [1.807, 2.05) is 0 Å². The molecule has 1 saturated heterocycles. The average Bonchev–Trinajstić information content (AvgIpc) is 2.12. The highest BCUT2D eigenvalue weighted by molar-refractivity contribution is 4.93. The first-order valence-electron chi connectivity index (χ1n) is 5.61. The Morgan fingerprint density at radius 2 is 2.15 bits per heavy atom. The lowest BCUT2D eigenvalue weighted by atomic mass is 9.92. The lowest BCUT2D eigenvalue weighted by Gasteiger charge is -2.47. The smallest absolute Gasteiger partial charge is 0.0303 e. The van der Waals surface area contributed by atoms with Gasteiger partial charge in [-0.15, -0.1) is 0 Å². The monoisotopic (exact) mass is 184 g/mol. The largest absolute Gasteiger partial charge is 0.311 e. The lowest BCUT2D eigenvalue weighted by Crippen LogP contribution is -2.62. The first-order chi connectivity index (χ1) is 6.12. The first kappa shape index (κ1) is 11.0. The van der Waals surface area contributed by atoms with Crippen molar-refractivity contribution in [1.82, 2.24) is 10.2 Å². The van der Waals surface area contributed by atoms with Crippen LogP contribution in [0.2, 0.25) is 0 Å². The number of rotatable bonds is 3. The van der Waals surface area contributed by atoms with Crippen molar-refractivity contribution >= 4 is 0 Å². The Hall–Kier alpha value is -0.0800. The molecule has 78 valence electrons. The second-order valence-electron chi connectivity index (χ2n) is 4.58. The summed E-state index contributed by atoms with van der Waals surface area (Å²) in [7, 11) is 0. The van der Waals surface area contributed by atoms with Crippen LogP contribution in [0.5, 0.6) is 0 Å². The summed E-state index contributed by atoms with van der Waals surface area (Å²) in [5.41, 5.74) is 0.391. The molecule has 0 bridgehead atoms. The van der Waals surface area contributed by atoms with Gasteiger partial charge in [0, 0.05) is 24.7 Å². The average molecular weight is 184 g/mol. The minimum atomic E-state index is 0.391. The summed E-state index contributed by atoms with van der Waals surface area (Å²) in [4.78, 5) is 2.65. The standard InChI is InChI=1S/C11H24N2/c1-5-7-13-8-10(3)12-9-11(13,4)6-2/h10,12H,5-9H2,1-4H3. The van der Waals surface area contributed by atoms with E-state index in [-0.39, 0.29) is 0 Å². The normalized spacial score (nSPS) is 36.5. The van der Waals surface area contributed by atoms with Gasteiger partial charge in [0.1, 0.15) is 0 Å². The van der Waals surface area contributed by atoms with Gasteiger partial charge in [-0.3, -0.25) is 4.90 Å². The van der Waals surface area contributed by atoms with Crippen LogP contribution in [0.3, 0.4) is 0 Å². The second-order valence-corrected chi connectivity index (χ2v) is 4.58. The molecule has 0 radical (unpaired) electrons. The van der Waals surface area contributed by atoms with Crippen LogP contribution in [0.25, 0.3) is 0 Å². The summed E-state index contributed by atoms with van der Waals surface area (Å²) in [5.74, 6) is 0. The molecule has 2 nitrogen and oxygen atoms in total. The van der Waals surface area contributed by atoms with Crippen molar-refractivity contribution in [3.05, 3.63) is 0 Å². The van der Waals surface area contributed by atoms with E-state index in [0.717, 1.165) is 6.54 Å². The highest BCUT2D eigenvalue weighted by Crippen LogP contribution is 2.22. The Labute approximate surface area is 82.7 Å². The van der Waals surface area contributed by atoms with E-state index in [4.69, 9.17) is 0 Å². The van der Waals surface area contributed by atoms with E-state index in [1.54, 1.807) is 0 Å². The van der Waals surface area contributed by atoms with Gasteiger partial charge < -0.3 is 5.32 Å². The third kappa shape index (κ3) is 2.44. The molecule has 1 aliphatic rings. The number of piperazine rings is 1. The Morgan fingerprint density at radius 3 is 2.69 bits per heavy atom. The highest BCUT2D eigenvalue weighted by Gasteiger charge is 2.33. The molecule has 1 N–H and O–H groups in total. The Balaban J connectivity index is 2.60. The van der Waals surface area contributed by atoms with Crippen molar-refractivity contribution < 1.29 is 0 Å². The van der Waals surface area contributed by atoms with E-state index >= 15 is 0 Å². The van der Waals surface area contributed by atoms with Gasteiger partial charge in [0.05, 0.1) is 0 Å². The molecule has 1 aliphatic heterocycles. The molecule has 0 spiro atoms. The van der Waals surface area contributed by atoms with Crippen LogP contribution >= 0.6 is 0 Å². The van der Waals surface area contributed by atoms with Crippen molar-refractivity contribution in [3.63, 3.8) is 0 Å². The molecular formula is C11H24N2. The molecule has 2 unspecified atom stereocenters. The maximum absolute atomic E-state index is 3.57. The third-order valence-corrected chi connectivity index (χ3v) is 3.34. The van der Waals surface area contributed by atoms with Crippen molar-refractivity contribution in [2.45, 2.75) is 52.1 Å². The molecule has 1 rings (SSSR count). The van der Waals surface area contributed by atoms with Gasteiger partial charge in [-0.05, 0) is 33.2 Å². The Morgan fingerprint density at radius 1 is 1.46 bits per heavy atom. The van der Waals surface area contributed by atoms with Crippen LogP contribution in [0.15, 0.2) is 0 Å². The molecule has 1 heterocycles. The SMILES string of the molecule is CCCN1CC(C)NCC1(C)CC. The van der Waals surface area contributed by atoms with Crippen molar-refractivity contribution in [3.8, 4) is 0 Å². The van der Waals surface area contributed by atoms with Gasteiger partial charge in [0.25, 0.3) is 0 Å². The van der Waals surface area contributed by atoms with Crippen molar-refractivity contribution in [1.29, 1.82) is 0 Å². The summed E-state index contributed by atoms with van der Waals surface area (Å²) in [6.45, 7) is 12.8. The van der Waals surface area contributed by atoms with Gasteiger partial charge in [-0.1, -0.05) is 13.8 Å². The zero-order chi connectivity index (χ0) is 9.90. The molecule has 13 heavy (non-hydrogen) atoms. The summed E-state index contributed by atoms with van der Waals surface area (Å²) in [5, 5.41) is 3.57. The van der Waals surface area contributed by atoms with E-state index in [1.165, 1.54) is 25.9 Å². The maximum Gasteiger partial charge on any atom is 0.0303 e. The summed E-state index contributed by atoms with van der Waals surface area (Å²) < 4.78 is 0. The van der Waals surface area contributed by atoms with Gasteiger partial charge in [-0.2, -0.15) is 0 Å². The summed E-state index contributed by atoms with van der Waals surface area (Å²) in [6.07, 6.45) is 2.51. The predicted molar refractivity (Wildman–Crippen MR) is 58.0 cm³/mol. The molecule has 2 atom stereocenters. The van der Waals surface area contributed by atoms with Crippen LogP contribution in [-0.4, -0.2) is 36.1 Å². The number of hydrogen-bond acceptors (Lipinski definition) is 2. The summed E-state index contributed by atoms with van der Waals surface area (Å²) in [6, 6.07) is 0.658. The molecule has 0 aromatic heterocycles. The topological polar surface area (TPSA) is 15.3 Å². The molecule has 0 aromatic rings. The maximum atomic E-state index is 3.57. The molecule has 0 aromatic carbocycles. The first-order valence-corrected chi connectivity index (χ1v) is 5.61. The molecule has 0 saturated carbocycles. The van der Waals surface area contributed by atoms with Gasteiger partial charge in [-0.25, -0.2) is 0 Å². The molecule has 1 fully saturated rings. The minimum Gasteiger partial charge on any atom is -0.311 e. The second kappa shape index (κ2) is 4.43. The van der Waals surface area contributed by atoms with Gasteiger partial charge in [0.2, 0.25) is 0 Å². The fourth-order valence-corrected chi connectivity index (χ4v) is 2.10. The van der Waals surface area contributed by atoms with Crippen LogP contribution in [0, 0.1) is 0 Å². The Bertz CT molecular complexity index is 158. The molecule has 2 heteroatoms. The molecular weight excluding hydrogens is 160 g/mol. The Kier molecular flexibility index (Phi) is 3.74. The molecule has 0 aliphatic carbocycles. The highest BCUT2D eigenvalue weighted by atomic mass is 15.3. The zero-order valence-corrected chi connectivity index (χ0v) is 9.56. The fourth-order valence-electron chi connectivity index (χ4n) is 2.10. The zero-order valence-electron chi connectivity index (χ0n) is 9.56.